The fraction of sp³-hybridized carbons (Fsp3) is 0.182. The molecule has 1 heterocycles. The van der Waals surface area contributed by atoms with E-state index >= 15 is 0 Å². The number of pyridine rings is 1. The van der Waals surface area contributed by atoms with Crippen LogP contribution in [0.5, 0.6) is 17.2 Å². The predicted molar refractivity (Wildman–Crippen MR) is 114 cm³/mol. The van der Waals surface area contributed by atoms with Crippen molar-refractivity contribution in [1.29, 1.82) is 5.26 Å². The standard InChI is InChI=1S/C22H20ClN3O3/c1-12-20(15-9-18(28-3)19(29-4)10-17(15)27-2)16(11-24)22(25)26-21(12)13-6-5-7-14(23)8-13/h5-10H,1-4H3,(H2,25,26). The molecule has 0 saturated heterocycles. The van der Waals surface area contributed by atoms with Gasteiger partial charge in [0, 0.05) is 27.8 Å². The Morgan fingerprint density at radius 1 is 1.00 bits per heavy atom. The molecule has 6 nitrogen and oxygen atoms in total. The number of nitrogens with two attached hydrogens (primary N) is 1. The van der Waals surface area contributed by atoms with E-state index in [-0.39, 0.29) is 11.4 Å². The summed E-state index contributed by atoms with van der Waals surface area (Å²) in [6.07, 6.45) is 0. The summed E-state index contributed by atoms with van der Waals surface area (Å²) in [4.78, 5) is 4.47. The molecule has 29 heavy (non-hydrogen) atoms. The molecular weight excluding hydrogens is 390 g/mol. The van der Waals surface area contributed by atoms with Crippen molar-refractivity contribution < 1.29 is 14.2 Å². The first kappa shape index (κ1) is 20.3. The summed E-state index contributed by atoms with van der Waals surface area (Å²) >= 11 is 6.16. The predicted octanol–water partition coefficient (Wildman–Crippen LogP) is 4.86. The molecule has 7 heteroatoms. The minimum atomic E-state index is 0.125. The first-order chi connectivity index (χ1) is 13.9. The summed E-state index contributed by atoms with van der Waals surface area (Å²) in [6.45, 7) is 1.88. The molecular formula is C22H20ClN3O3. The highest BCUT2D eigenvalue weighted by atomic mass is 35.5. The normalized spacial score (nSPS) is 10.3. The Hall–Kier alpha value is -3.43. The van der Waals surface area contributed by atoms with Gasteiger partial charge in [-0.3, -0.25) is 0 Å². The molecule has 0 fully saturated rings. The van der Waals surface area contributed by atoms with Crippen molar-refractivity contribution in [2.45, 2.75) is 6.92 Å². The fourth-order valence-electron chi connectivity index (χ4n) is 3.29. The summed E-state index contributed by atoms with van der Waals surface area (Å²) in [5, 5.41) is 10.4. The average molecular weight is 410 g/mol. The van der Waals surface area contributed by atoms with Gasteiger partial charge in [-0.1, -0.05) is 23.7 Å². The van der Waals surface area contributed by atoms with E-state index < -0.39 is 0 Å². The third-order valence-corrected chi connectivity index (χ3v) is 4.89. The number of halogens is 1. The van der Waals surface area contributed by atoms with E-state index in [9.17, 15) is 5.26 Å². The number of aromatic nitrogens is 1. The van der Waals surface area contributed by atoms with Crippen molar-refractivity contribution in [1.82, 2.24) is 4.98 Å². The van der Waals surface area contributed by atoms with Crippen LogP contribution in [0.25, 0.3) is 22.4 Å². The number of nitriles is 1. The minimum Gasteiger partial charge on any atom is -0.496 e. The number of nitrogen functional groups attached to an aromatic ring is 1. The quantitative estimate of drug-likeness (QED) is 0.647. The van der Waals surface area contributed by atoms with Crippen LogP contribution in [0.15, 0.2) is 36.4 Å². The van der Waals surface area contributed by atoms with Gasteiger partial charge in [0.25, 0.3) is 0 Å². The first-order valence-electron chi connectivity index (χ1n) is 8.71. The molecule has 2 aromatic carbocycles. The Morgan fingerprint density at radius 3 is 2.24 bits per heavy atom. The highest BCUT2D eigenvalue weighted by Crippen LogP contribution is 2.44. The zero-order valence-electron chi connectivity index (χ0n) is 16.5. The van der Waals surface area contributed by atoms with Crippen LogP contribution in [0.3, 0.4) is 0 Å². The van der Waals surface area contributed by atoms with Crippen LogP contribution < -0.4 is 19.9 Å². The maximum atomic E-state index is 9.79. The Morgan fingerprint density at radius 2 is 1.66 bits per heavy atom. The molecule has 3 rings (SSSR count). The van der Waals surface area contributed by atoms with E-state index in [1.54, 1.807) is 45.6 Å². The van der Waals surface area contributed by atoms with E-state index in [1.165, 1.54) is 0 Å². The maximum Gasteiger partial charge on any atom is 0.164 e. The second kappa shape index (κ2) is 8.29. The highest BCUT2D eigenvalue weighted by Gasteiger charge is 2.23. The summed E-state index contributed by atoms with van der Waals surface area (Å²) < 4.78 is 16.4. The smallest absolute Gasteiger partial charge is 0.164 e. The van der Waals surface area contributed by atoms with Crippen LogP contribution >= 0.6 is 11.6 Å². The van der Waals surface area contributed by atoms with Gasteiger partial charge in [0.05, 0.1) is 27.0 Å². The van der Waals surface area contributed by atoms with E-state index in [0.717, 1.165) is 11.1 Å². The Labute approximate surface area is 174 Å². The third-order valence-electron chi connectivity index (χ3n) is 4.65. The van der Waals surface area contributed by atoms with Crippen LogP contribution in [0.4, 0.5) is 5.82 Å². The summed E-state index contributed by atoms with van der Waals surface area (Å²) in [5.74, 6) is 1.66. The van der Waals surface area contributed by atoms with Crippen LogP contribution in [-0.2, 0) is 0 Å². The second-order valence-corrected chi connectivity index (χ2v) is 6.69. The molecule has 0 atom stereocenters. The topological polar surface area (TPSA) is 90.4 Å². The number of benzene rings is 2. The molecule has 0 spiro atoms. The zero-order valence-corrected chi connectivity index (χ0v) is 17.3. The lowest BCUT2D eigenvalue weighted by Gasteiger charge is -2.19. The lowest BCUT2D eigenvalue weighted by Crippen LogP contribution is -2.04. The number of nitrogens with zero attached hydrogens (tertiary/aromatic N) is 2. The first-order valence-corrected chi connectivity index (χ1v) is 9.09. The molecule has 1 aromatic heterocycles. The summed E-state index contributed by atoms with van der Waals surface area (Å²) in [7, 11) is 4.64. The van der Waals surface area contributed by atoms with Gasteiger partial charge in [-0.25, -0.2) is 4.98 Å². The molecule has 0 bridgehead atoms. The van der Waals surface area contributed by atoms with Gasteiger partial charge in [0.1, 0.15) is 23.2 Å². The van der Waals surface area contributed by atoms with Crippen molar-refractivity contribution in [2.24, 2.45) is 0 Å². The number of ether oxygens (including phenoxy) is 3. The van der Waals surface area contributed by atoms with Gasteiger partial charge < -0.3 is 19.9 Å². The second-order valence-electron chi connectivity index (χ2n) is 6.25. The lowest BCUT2D eigenvalue weighted by atomic mass is 9.92. The molecule has 0 radical (unpaired) electrons. The third kappa shape index (κ3) is 3.65. The number of rotatable bonds is 5. The van der Waals surface area contributed by atoms with Crippen molar-refractivity contribution in [3.8, 4) is 45.7 Å². The molecule has 148 valence electrons. The van der Waals surface area contributed by atoms with E-state index in [2.05, 4.69) is 11.1 Å². The van der Waals surface area contributed by atoms with Crippen molar-refractivity contribution in [3.05, 3.63) is 52.5 Å². The van der Waals surface area contributed by atoms with Gasteiger partial charge in [-0.05, 0) is 30.7 Å². The van der Waals surface area contributed by atoms with E-state index in [0.29, 0.717) is 39.1 Å². The average Bonchev–Trinajstić information content (AvgIpc) is 2.73. The molecule has 2 N–H and O–H groups in total. The van der Waals surface area contributed by atoms with Crippen LogP contribution in [0.1, 0.15) is 11.1 Å². The largest absolute Gasteiger partial charge is 0.496 e. The van der Waals surface area contributed by atoms with Gasteiger partial charge in [-0.15, -0.1) is 0 Å². The Bertz CT molecular complexity index is 1120. The number of methoxy groups -OCH3 is 3. The van der Waals surface area contributed by atoms with Crippen molar-refractivity contribution in [2.75, 3.05) is 27.1 Å². The summed E-state index contributed by atoms with van der Waals surface area (Å²) in [5.41, 5.74) is 9.90. The van der Waals surface area contributed by atoms with Gasteiger partial charge in [0.15, 0.2) is 11.5 Å². The van der Waals surface area contributed by atoms with Gasteiger partial charge in [0.2, 0.25) is 0 Å². The maximum absolute atomic E-state index is 9.79. The van der Waals surface area contributed by atoms with E-state index in [4.69, 9.17) is 31.5 Å². The molecule has 0 amide bonds. The molecule has 0 aliphatic rings. The Balaban J connectivity index is 2.39. The number of anilines is 1. The van der Waals surface area contributed by atoms with Gasteiger partial charge in [-0.2, -0.15) is 5.26 Å². The highest BCUT2D eigenvalue weighted by molar-refractivity contribution is 6.30. The molecule has 0 saturated carbocycles. The van der Waals surface area contributed by atoms with Crippen LogP contribution in [-0.4, -0.2) is 26.3 Å². The van der Waals surface area contributed by atoms with Crippen molar-refractivity contribution >= 4 is 17.4 Å². The number of hydrogen-bond acceptors (Lipinski definition) is 6. The fourth-order valence-corrected chi connectivity index (χ4v) is 3.48. The zero-order chi connectivity index (χ0) is 21.1. The van der Waals surface area contributed by atoms with Crippen molar-refractivity contribution in [3.63, 3.8) is 0 Å². The molecule has 0 unspecified atom stereocenters. The Kier molecular flexibility index (Phi) is 5.81. The van der Waals surface area contributed by atoms with Crippen LogP contribution in [0, 0.1) is 18.3 Å². The summed E-state index contributed by atoms with van der Waals surface area (Å²) in [6, 6.07) is 13.0. The molecule has 0 aliphatic carbocycles. The SMILES string of the molecule is COc1cc(OC)c(-c2c(C)c(-c3cccc(Cl)c3)nc(N)c2C#N)cc1OC. The van der Waals surface area contributed by atoms with Crippen LogP contribution in [0.2, 0.25) is 5.02 Å². The minimum absolute atomic E-state index is 0.125. The lowest BCUT2D eigenvalue weighted by molar-refractivity contribution is 0.349. The molecule has 0 aliphatic heterocycles. The van der Waals surface area contributed by atoms with Gasteiger partial charge >= 0.3 is 0 Å². The van der Waals surface area contributed by atoms with E-state index in [1.807, 2.05) is 19.1 Å². The molecule has 3 aromatic rings. The monoisotopic (exact) mass is 409 g/mol. The number of hydrogen-bond donors (Lipinski definition) is 1.